The monoisotopic (exact) mass is 508 g/mol. The number of carbonyl (C=O) groups is 2. The van der Waals surface area contributed by atoms with Crippen LogP contribution in [0.4, 0.5) is 0 Å². The molecule has 8 nitrogen and oxygen atoms in total. The van der Waals surface area contributed by atoms with Crippen LogP contribution in [-0.2, 0) is 14.1 Å². The van der Waals surface area contributed by atoms with Crippen molar-refractivity contribution in [3.8, 4) is 0 Å². The number of hydrogen-bond donors (Lipinski definition) is 2. The minimum absolute atomic E-state index is 0.266. The Hall–Kier alpha value is -2.72. The van der Waals surface area contributed by atoms with Crippen molar-refractivity contribution in [3.63, 3.8) is 0 Å². The summed E-state index contributed by atoms with van der Waals surface area (Å²) in [5, 5.41) is 27.4. The maximum Gasteiger partial charge on any atom is 0.336 e. The van der Waals surface area contributed by atoms with Crippen molar-refractivity contribution in [3.05, 3.63) is 56.7 Å². The molecule has 0 fully saturated rings. The summed E-state index contributed by atoms with van der Waals surface area (Å²) >= 11 is 6.51. The van der Waals surface area contributed by atoms with Gasteiger partial charge in [0.25, 0.3) is 0 Å². The molecule has 2 aromatic carbocycles. The van der Waals surface area contributed by atoms with Gasteiger partial charge in [0, 0.05) is 40.0 Å². The Kier molecular flexibility index (Phi) is 5.52. The van der Waals surface area contributed by atoms with Crippen molar-refractivity contribution in [2.24, 2.45) is 14.1 Å². The molecule has 2 heterocycles. The van der Waals surface area contributed by atoms with Crippen molar-refractivity contribution in [2.45, 2.75) is 0 Å². The van der Waals surface area contributed by atoms with E-state index in [-0.39, 0.29) is 11.1 Å². The van der Waals surface area contributed by atoms with E-state index in [4.69, 9.17) is 10.2 Å². The number of nitrogens with zero attached hydrogens (tertiary/aromatic N) is 4. The predicted molar refractivity (Wildman–Crippen MR) is 111 cm³/mol. The van der Waals surface area contributed by atoms with E-state index in [1.807, 2.05) is 6.07 Å². The van der Waals surface area contributed by atoms with Gasteiger partial charge < -0.3 is 10.2 Å². The van der Waals surface area contributed by atoms with E-state index in [1.54, 1.807) is 54.1 Å². The number of hydrogen-bond acceptors (Lipinski definition) is 4. The van der Waals surface area contributed by atoms with E-state index in [0.717, 1.165) is 14.5 Å². The van der Waals surface area contributed by atoms with Crippen LogP contribution in [0.25, 0.3) is 21.8 Å². The average Bonchev–Trinajstić information content (AvgIpc) is 3.16. The van der Waals surface area contributed by atoms with Gasteiger partial charge in [-0.2, -0.15) is 10.2 Å². The predicted octanol–water partition coefficient (Wildman–Crippen LogP) is 4.07. The first kappa shape index (κ1) is 20.0. The highest BCUT2D eigenvalue weighted by Crippen LogP contribution is 2.24. The molecule has 0 radical (unpaired) electrons. The van der Waals surface area contributed by atoms with E-state index in [9.17, 15) is 9.59 Å². The second-order valence-electron chi connectivity index (χ2n) is 5.95. The molecule has 0 amide bonds. The van der Waals surface area contributed by atoms with E-state index in [1.165, 1.54) is 0 Å². The highest BCUT2D eigenvalue weighted by molar-refractivity contribution is 9.10. The normalized spacial score (nSPS) is 10.7. The highest BCUT2D eigenvalue weighted by atomic mass is 79.9. The molecule has 4 aromatic rings. The lowest BCUT2D eigenvalue weighted by Gasteiger charge is -1.99. The third kappa shape index (κ3) is 3.92. The summed E-state index contributed by atoms with van der Waals surface area (Å²) in [6.07, 6.45) is 3.26. The zero-order valence-electron chi connectivity index (χ0n) is 14.7. The minimum Gasteiger partial charge on any atom is -0.478 e. The summed E-state index contributed by atoms with van der Waals surface area (Å²) in [7, 11) is 3.54. The van der Waals surface area contributed by atoms with Gasteiger partial charge >= 0.3 is 11.9 Å². The molecule has 0 aliphatic rings. The first-order valence-electron chi connectivity index (χ1n) is 7.88. The molecule has 10 heteroatoms. The number of fused-ring (bicyclic) bond motifs is 2. The van der Waals surface area contributed by atoms with Crippen LogP contribution < -0.4 is 0 Å². The molecule has 4 rings (SSSR count). The van der Waals surface area contributed by atoms with Crippen LogP contribution in [-0.4, -0.2) is 41.7 Å². The van der Waals surface area contributed by atoms with Crippen molar-refractivity contribution in [2.75, 3.05) is 0 Å². The summed E-state index contributed by atoms with van der Waals surface area (Å²) < 4.78 is 4.71. The van der Waals surface area contributed by atoms with Crippen LogP contribution >= 0.6 is 31.9 Å². The first-order chi connectivity index (χ1) is 13.2. The molecule has 0 saturated carbocycles. The van der Waals surface area contributed by atoms with Gasteiger partial charge in [-0.1, -0.05) is 31.9 Å². The maximum atomic E-state index is 10.9. The molecule has 0 spiro atoms. The molecule has 144 valence electrons. The molecule has 0 saturated heterocycles. The van der Waals surface area contributed by atoms with Crippen LogP contribution in [0.5, 0.6) is 0 Å². The Morgan fingerprint density at radius 2 is 1.50 bits per heavy atom. The summed E-state index contributed by atoms with van der Waals surface area (Å²) in [5.74, 6) is -1.88. The van der Waals surface area contributed by atoms with Crippen LogP contribution in [0.1, 0.15) is 20.7 Å². The number of aryl methyl sites for hydroxylation is 2. The van der Waals surface area contributed by atoms with Crippen LogP contribution in [0.3, 0.4) is 0 Å². The highest BCUT2D eigenvalue weighted by Gasteiger charge is 2.13. The summed E-state index contributed by atoms with van der Waals surface area (Å²) in [6, 6.07) is 6.79. The number of benzene rings is 2. The lowest BCUT2D eigenvalue weighted by molar-refractivity contribution is 0.0688. The van der Waals surface area contributed by atoms with Crippen LogP contribution in [0, 0.1) is 0 Å². The SMILES string of the molecule is Cn1cc2c(C(=O)O)cc(Br)cc2n1.Cn1ncc2c(C(=O)O)cc(Br)cc21. The molecule has 0 aliphatic heterocycles. The minimum atomic E-state index is -0.940. The van der Waals surface area contributed by atoms with Gasteiger partial charge in [0.15, 0.2) is 0 Å². The zero-order valence-corrected chi connectivity index (χ0v) is 17.9. The fourth-order valence-corrected chi connectivity index (χ4v) is 3.67. The Labute approximate surface area is 175 Å². The van der Waals surface area contributed by atoms with Gasteiger partial charge in [0.2, 0.25) is 0 Å². The number of halogens is 2. The zero-order chi connectivity index (χ0) is 20.6. The lowest BCUT2D eigenvalue weighted by atomic mass is 10.1. The van der Waals surface area contributed by atoms with Crippen LogP contribution in [0.2, 0.25) is 0 Å². The largest absolute Gasteiger partial charge is 0.478 e. The van der Waals surface area contributed by atoms with Gasteiger partial charge in [-0.25, -0.2) is 9.59 Å². The van der Waals surface area contributed by atoms with Crippen LogP contribution in [0.15, 0.2) is 45.6 Å². The molecule has 2 aromatic heterocycles. The summed E-state index contributed by atoms with van der Waals surface area (Å²) in [6.45, 7) is 0. The smallest absolute Gasteiger partial charge is 0.336 e. The second-order valence-corrected chi connectivity index (χ2v) is 7.78. The third-order valence-corrected chi connectivity index (χ3v) is 4.91. The van der Waals surface area contributed by atoms with Gasteiger partial charge in [-0.15, -0.1) is 0 Å². The maximum absolute atomic E-state index is 10.9. The van der Waals surface area contributed by atoms with Gasteiger partial charge in [0.05, 0.1) is 28.4 Å². The fourth-order valence-electron chi connectivity index (χ4n) is 2.78. The molecule has 0 unspecified atom stereocenters. The summed E-state index contributed by atoms with van der Waals surface area (Å²) in [5.41, 5.74) is 2.01. The Morgan fingerprint density at radius 3 is 2.11 bits per heavy atom. The van der Waals surface area contributed by atoms with Crippen molar-refractivity contribution in [1.29, 1.82) is 0 Å². The van der Waals surface area contributed by atoms with Gasteiger partial charge in [-0.05, 0) is 24.3 Å². The topological polar surface area (TPSA) is 110 Å². The molecule has 2 N–H and O–H groups in total. The fraction of sp³-hybridized carbons (Fsp3) is 0.111. The third-order valence-electron chi connectivity index (χ3n) is 4.00. The molecular weight excluding hydrogens is 496 g/mol. The van der Waals surface area contributed by atoms with Crippen molar-refractivity contribution < 1.29 is 19.8 Å². The molecular formula is C18H14Br2N4O4. The summed E-state index contributed by atoms with van der Waals surface area (Å²) in [4.78, 5) is 21.8. The quantitative estimate of drug-likeness (QED) is 0.421. The Morgan fingerprint density at radius 1 is 0.929 bits per heavy atom. The first-order valence-corrected chi connectivity index (χ1v) is 9.46. The van der Waals surface area contributed by atoms with E-state index in [2.05, 4.69) is 42.1 Å². The Balaban J connectivity index is 0.000000161. The average molecular weight is 510 g/mol. The number of carboxylic acids is 2. The van der Waals surface area contributed by atoms with Gasteiger partial charge in [-0.3, -0.25) is 9.36 Å². The number of carboxylic acid groups (broad SMARTS) is 2. The van der Waals surface area contributed by atoms with E-state index < -0.39 is 11.9 Å². The van der Waals surface area contributed by atoms with E-state index in [0.29, 0.717) is 16.3 Å². The second kappa shape index (κ2) is 7.72. The molecule has 0 atom stereocenters. The van der Waals surface area contributed by atoms with Crippen molar-refractivity contribution in [1.82, 2.24) is 19.6 Å². The number of aromatic carboxylic acids is 2. The Bertz CT molecular complexity index is 1210. The molecule has 0 aliphatic carbocycles. The van der Waals surface area contributed by atoms with E-state index >= 15 is 0 Å². The number of aromatic nitrogens is 4. The number of rotatable bonds is 2. The standard InChI is InChI=1S/2C9H7BrN2O2/c1-12-4-7-6(9(13)14)2-5(10)3-8(7)11-12;1-12-8-3-5(10)2-6(9(13)14)7(8)4-11-12/h2*2-4H,1H3,(H,13,14). The molecule has 28 heavy (non-hydrogen) atoms. The lowest BCUT2D eigenvalue weighted by Crippen LogP contribution is -1.97. The van der Waals surface area contributed by atoms with Crippen molar-refractivity contribution >= 4 is 65.6 Å². The van der Waals surface area contributed by atoms with Gasteiger partial charge in [0.1, 0.15) is 0 Å². The molecule has 0 bridgehead atoms.